The van der Waals surface area contributed by atoms with Crippen LogP contribution in [0.5, 0.6) is 11.5 Å². The number of fused-ring (bicyclic) bond motifs is 1. The van der Waals surface area contributed by atoms with E-state index in [0.29, 0.717) is 42.9 Å². The largest absolute Gasteiger partial charge is 0.486 e. The first-order chi connectivity index (χ1) is 11.3. The van der Waals surface area contributed by atoms with E-state index in [2.05, 4.69) is 5.32 Å². The van der Waals surface area contributed by atoms with Gasteiger partial charge in [-0.1, -0.05) is 0 Å². The Hall–Kier alpha value is -2.77. The SMILES string of the molecule is O=C(Nc1cc(C(F)(F)F)ccc1F)c1ccc2c(c1)OCCO2. The Bertz CT molecular complexity index is 789. The summed E-state index contributed by atoms with van der Waals surface area (Å²) in [4.78, 5) is 12.2. The van der Waals surface area contributed by atoms with E-state index in [1.807, 2.05) is 0 Å². The van der Waals surface area contributed by atoms with E-state index in [4.69, 9.17) is 9.47 Å². The van der Waals surface area contributed by atoms with Gasteiger partial charge in [0, 0.05) is 5.56 Å². The fraction of sp³-hybridized carbons (Fsp3) is 0.188. The highest BCUT2D eigenvalue weighted by molar-refractivity contribution is 6.04. The molecule has 0 spiro atoms. The minimum atomic E-state index is -4.63. The zero-order chi connectivity index (χ0) is 17.3. The molecular formula is C16H11F4NO3. The van der Waals surface area contributed by atoms with Crippen molar-refractivity contribution in [1.82, 2.24) is 0 Å². The van der Waals surface area contributed by atoms with Crippen LogP contribution in [0.25, 0.3) is 0 Å². The Labute approximate surface area is 134 Å². The molecule has 4 nitrogen and oxygen atoms in total. The molecule has 3 rings (SSSR count). The Morgan fingerprint density at radius 3 is 2.42 bits per heavy atom. The number of hydrogen-bond acceptors (Lipinski definition) is 3. The summed E-state index contributed by atoms with van der Waals surface area (Å²) in [6, 6.07) is 6.11. The summed E-state index contributed by atoms with van der Waals surface area (Å²) in [5, 5.41) is 2.14. The summed E-state index contributed by atoms with van der Waals surface area (Å²) < 4.78 is 62.4. The molecule has 126 valence electrons. The van der Waals surface area contributed by atoms with E-state index in [1.165, 1.54) is 18.2 Å². The number of halogens is 4. The van der Waals surface area contributed by atoms with Crippen molar-refractivity contribution in [3.63, 3.8) is 0 Å². The standard InChI is InChI=1S/C16H11F4NO3/c17-11-3-2-10(16(18,19)20)8-12(11)21-15(22)9-1-4-13-14(7-9)24-6-5-23-13/h1-4,7-8H,5-6H2,(H,21,22). The molecule has 2 aromatic carbocycles. The number of amides is 1. The molecule has 1 aliphatic rings. The number of ether oxygens (including phenoxy) is 2. The van der Waals surface area contributed by atoms with E-state index < -0.39 is 29.2 Å². The van der Waals surface area contributed by atoms with Crippen molar-refractivity contribution in [3.05, 3.63) is 53.3 Å². The summed E-state index contributed by atoms with van der Waals surface area (Å²) in [6.07, 6.45) is -4.63. The molecule has 0 bridgehead atoms. The molecule has 0 saturated carbocycles. The van der Waals surface area contributed by atoms with Crippen molar-refractivity contribution in [3.8, 4) is 11.5 Å². The summed E-state index contributed by atoms with van der Waals surface area (Å²) in [5.74, 6) is -0.916. The van der Waals surface area contributed by atoms with Crippen molar-refractivity contribution in [2.75, 3.05) is 18.5 Å². The molecule has 0 aliphatic carbocycles. The summed E-state index contributed by atoms with van der Waals surface area (Å²) in [5.41, 5.74) is -1.50. The maximum atomic E-state index is 13.7. The maximum absolute atomic E-state index is 13.7. The van der Waals surface area contributed by atoms with Gasteiger partial charge >= 0.3 is 6.18 Å². The number of nitrogens with one attached hydrogen (secondary N) is 1. The van der Waals surface area contributed by atoms with E-state index in [1.54, 1.807) is 0 Å². The quantitative estimate of drug-likeness (QED) is 0.844. The molecule has 1 amide bonds. The smallest absolute Gasteiger partial charge is 0.416 e. The molecule has 24 heavy (non-hydrogen) atoms. The van der Waals surface area contributed by atoms with Gasteiger partial charge in [-0.25, -0.2) is 4.39 Å². The van der Waals surface area contributed by atoms with Crippen LogP contribution in [0, 0.1) is 5.82 Å². The molecule has 0 fully saturated rings. The summed E-state index contributed by atoms with van der Waals surface area (Å²) in [7, 11) is 0. The lowest BCUT2D eigenvalue weighted by Crippen LogP contribution is -2.18. The van der Waals surface area contributed by atoms with E-state index in [-0.39, 0.29) is 5.56 Å². The molecule has 0 atom stereocenters. The average Bonchev–Trinajstić information content (AvgIpc) is 2.55. The van der Waals surface area contributed by atoms with Crippen LogP contribution in [0.3, 0.4) is 0 Å². The fourth-order valence-corrected chi connectivity index (χ4v) is 2.18. The number of carbonyl (C=O) groups is 1. The zero-order valence-corrected chi connectivity index (χ0v) is 12.1. The van der Waals surface area contributed by atoms with Gasteiger partial charge in [0.05, 0.1) is 11.3 Å². The second kappa shape index (κ2) is 6.03. The Morgan fingerprint density at radius 2 is 1.71 bits per heavy atom. The van der Waals surface area contributed by atoms with E-state index in [0.717, 1.165) is 0 Å². The highest BCUT2D eigenvalue weighted by Gasteiger charge is 2.31. The highest BCUT2D eigenvalue weighted by atomic mass is 19.4. The summed E-state index contributed by atoms with van der Waals surface area (Å²) in [6.45, 7) is 0.703. The van der Waals surface area contributed by atoms with Gasteiger partial charge in [-0.3, -0.25) is 4.79 Å². The molecule has 1 aliphatic heterocycles. The second-order valence-corrected chi connectivity index (χ2v) is 5.00. The fourth-order valence-electron chi connectivity index (χ4n) is 2.18. The normalized spacial score (nSPS) is 13.5. The third-order valence-corrected chi connectivity index (χ3v) is 3.35. The van der Waals surface area contributed by atoms with Gasteiger partial charge < -0.3 is 14.8 Å². The molecule has 1 heterocycles. The number of anilines is 1. The van der Waals surface area contributed by atoms with Crippen LogP contribution in [0.4, 0.5) is 23.2 Å². The third-order valence-electron chi connectivity index (χ3n) is 3.35. The minimum absolute atomic E-state index is 0.107. The predicted molar refractivity (Wildman–Crippen MR) is 76.8 cm³/mol. The molecule has 0 aromatic heterocycles. The van der Waals surface area contributed by atoms with Gasteiger partial charge in [0.2, 0.25) is 0 Å². The van der Waals surface area contributed by atoms with Crippen LogP contribution in [0.2, 0.25) is 0 Å². The van der Waals surface area contributed by atoms with Crippen LogP contribution in [-0.2, 0) is 6.18 Å². The van der Waals surface area contributed by atoms with Crippen LogP contribution >= 0.6 is 0 Å². The topological polar surface area (TPSA) is 47.6 Å². The van der Waals surface area contributed by atoms with Gasteiger partial charge in [-0.15, -0.1) is 0 Å². The monoisotopic (exact) mass is 341 g/mol. The lowest BCUT2D eigenvalue weighted by atomic mass is 10.1. The molecule has 1 N–H and O–H groups in total. The predicted octanol–water partition coefficient (Wildman–Crippen LogP) is 3.87. The maximum Gasteiger partial charge on any atom is 0.416 e. The molecule has 8 heteroatoms. The second-order valence-electron chi connectivity index (χ2n) is 5.00. The molecule has 0 unspecified atom stereocenters. The highest BCUT2D eigenvalue weighted by Crippen LogP contribution is 2.33. The van der Waals surface area contributed by atoms with Gasteiger partial charge in [0.1, 0.15) is 19.0 Å². The van der Waals surface area contributed by atoms with Crippen molar-refractivity contribution >= 4 is 11.6 Å². The first-order valence-electron chi connectivity index (χ1n) is 6.92. The van der Waals surface area contributed by atoms with Crippen LogP contribution in [0.1, 0.15) is 15.9 Å². The van der Waals surface area contributed by atoms with Crippen molar-refractivity contribution in [2.24, 2.45) is 0 Å². The van der Waals surface area contributed by atoms with Crippen molar-refractivity contribution in [1.29, 1.82) is 0 Å². The average molecular weight is 341 g/mol. The Kier molecular flexibility index (Phi) is 4.04. The molecule has 0 radical (unpaired) electrons. The van der Waals surface area contributed by atoms with Gasteiger partial charge in [-0.2, -0.15) is 13.2 Å². The van der Waals surface area contributed by atoms with Gasteiger partial charge in [0.15, 0.2) is 11.5 Å². The van der Waals surface area contributed by atoms with Gasteiger partial charge in [-0.05, 0) is 36.4 Å². The Balaban J connectivity index is 1.85. The van der Waals surface area contributed by atoms with Crippen LogP contribution in [-0.4, -0.2) is 19.1 Å². The Morgan fingerprint density at radius 1 is 1.00 bits per heavy atom. The lowest BCUT2D eigenvalue weighted by Gasteiger charge is -2.18. The molecular weight excluding hydrogens is 330 g/mol. The number of benzene rings is 2. The first-order valence-corrected chi connectivity index (χ1v) is 6.92. The van der Waals surface area contributed by atoms with Crippen molar-refractivity contribution < 1.29 is 31.8 Å². The number of alkyl halides is 3. The van der Waals surface area contributed by atoms with Crippen LogP contribution in [0.15, 0.2) is 36.4 Å². The summed E-state index contributed by atoms with van der Waals surface area (Å²) >= 11 is 0. The molecule has 0 saturated heterocycles. The number of carbonyl (C=O) groups excluding carboxylic acids is 1. The minimum Gasteiger partial charge on any atom is -0.486 e. The number of rotatable bonds is 2. The zero-order valence-electron chi connectivity index (χ0n) is 12.1. The first kappa shape index (κ1) is 16.1. The van der Waals surface area contributed by atoms with Crippen LogP contribution < -0.4 is 14.8 Å². The van der Waals surface area contributed by atoms with Gasteiger partial charge in [0.25, 0.3) is 5.91 Å². The number of hydrogen-bond donors (Lipinski definition) is 1. The lowest BCUT2D eigenvalue weighted by molar-refractivity contribution is -0.137. The van der Waals surface area contributed by atoms with E-state index >= 15 is 0 Å². The third kappa shape index (κ3) is 3.27. The van der Waals surface area contributed by atoms with Crippen molar-refractivity contribution in [2.45, 2.75) is 6.18 Å². The molecule has 2 aromatic rings. The van der Waals surface area contributed by atoms with E-state index in [9.17, 15) is 22.4 Å².